The Morgan fingerprint density at radius 3 is 2.85 bits per heavy atom. The Morgan fingerprint density at radius 1 is 1.40 bits per heavy atom. The molecule has 0 bridgehead atoms. The third kappa shape index (κ3) is 3.31. The zero-order chi connectivity index (χ0) is 13.9. The number of rotatable bonds is 6. The minimum Gasteiger partial charge on any atom is -0.352 e. The maximum Gasteiger partial charge on any atom is 0.233 e. The van der Waals surface area contributed by atoms with Crippen molar-refractivity contribution in [2.75, 3.05) is 0 Å². The highest BCUT2D eigenvalue weighted by atomic mass is 32.2. The summed E-state index contributed by atoms with van der Waals surface area (Å²) in [7, 11) is 0. The molecule has 7 heteroatoms. The van der Waals surface area contributed by atoms with Crippen LogP contribution in [-0.2, 0) is 10.5 Å². The van der Waals surface area contributed by atoms with Gasteiger partial charge in [0.25, 0.3) is 0 Å². The molecule has 0 saturated heterocycles. The lowest BCUT2D eigenvalue weighted by Gasteiger charge is -2.16. The van der Waals surface area contributed by atoms with Crippen LogP contribution in [0.25, 0.3) is 0 Å². The third-order valence-corrected chi connectivity index (χ3v) is 5.13. The molecule has 0 spiro atoms. The van der Waals surface area contributed by atoms with Crippen molar-refractivity contribution in [3.05, 3.63) is 5.82 Å². The van der Waals surface area contributed by atoms with Crippen LogP contribution in [0, 0.1) is 0 Å². The summed E-state index contributed by atoms with van der Waals surface area (Å²) in [5.41, 5.74) is 0. The van der Waals surface area contributed by atoms with E-state index in [2.05, 4.69) is 20.8 Å². The second-order valence-electron chi connectivity index (χ2n) is 5.71. The molecule has 6 nitrogen and oxygen atoms in total. The Morgan fingerprint density at radius 2 is 2.15 bits per heavy atom. The molecular weight excluding hydrogens is 274 g/mol. The molecular formula is C13H21N5OS. The van der Waals surface area contributed by atoms with Crippen molar-refractivity contribution in [2.45, 2.75) is 68.5 Å². The molecule has 0 radical (unpaired) electrons. The number of aromatic nitrogens is 4. The molecule has 2 aliphatic carbocycles. The molecule has 1 amide bonds. The van der Waals surface area contributed by atoms with Crippen LogP contribution in [0.4, 0.5) is 0 Å². The lowest BCUT2D eigenvalue weighted by molar-refractivity contribution is -0.120. The maximum atomic E-state index is 12.1. The standard InChI is InChI=1S/C13H21N5OS/c1-9(13(19)14-10-4-2-3-5-10)20-8-12-15-16-17-18(12)11-6-7-11/h9-11H,2-8H2,1H3,(H,14,19)/t9-/m0/s1. The molecule has 2 aliphatic rings. The number of nitrogens with one attached hydrogen (secondary N) is 1. The Hall–Kier alpha value is -1.11. The number of carbonyl (C=O) groups is 1. The zero-order valence-electron chi connectivity index (χ0n) is 11.8. The van der Waals surface area contributed by atoms with Crippen molar-refractivity contribution in [1.29, 1.82) is 0 Å². The van der Waals surface area contributed by atoms with Crippen LogP contribution >= 0.6 is 11.8 Å². The fourth-order valence-corrected chi connectivity index (χ4v) is 3.38. The van der Waals surface area contributed by atoms with Crippen molar-refractivity contribution in [3.63, 3.8) is 0 Å². The first-order valence-corrected chi connectivity index (χ1v) is 8.47. The first-order valence-electron chi connectivity index (χ1n) is 7.43. The van der Waals surface area contributed by atoms with E-state index < -0.39 is 0 Å². The van der Waals surface area contributed by atoms with Gasteiger partial charge in [-0.25, -0.2) is 4.68 Å². The van der Waals surface area contributed by atoms with Gasteiger partial charge in [-0.1, -0.05) is 12.8 Å². The Kier molecular flexibility index (Phi) is 4.24. The molecule has 1 aromatic rings. The molecule has 1 aromatic heterocycles. The summed E-state index contributed by atoms with van der Waals surface area (Å²) in [5, 5.41) is 14.9. The molecule has 20 heavy (non-hydrogen) atoms. The summed E-state index contributed by atoms with van der Waals surface area (Å²) in [6.45, 7) is 1.96. The van der Waals surface area contributed by atoms with Gasteiger partial charge >= 0.3 is 0 Å². The van der Waals surface area contributed by atoms with Crippen molar-refractivity contribution in [3.8, 4) is 0 Å². The van der Waals surface area contributed by atoms with E-state index in [4.69, 9.17) is 0 Å². The average Bonchev–Trinajstić information content (AvgIpc) is 2.97. The number of hydrogen-bond acceptors (Lipinski definition) is 5. The normalized spacial score (nSPS) is 21.1. The third-order valence-electron chi connectivity index (χ3n) is 3.99. The molecule has 2 fully saturated rings. The maximum absolute atomic E-state index is 12.1. The van der Waals surface area contributed by atoms with Crippen LogP contribution in [0.1, 0.15) is 57.3 Å². The number of hydrogen-bond donors (Lipinski definition) is 1. The van der Waals surface area contributed by atoms with Crippen LogP contribution in [-0.4, -0.2) is 37.4 Å². The second kappa shape index (κ2) is 6.11. The van der Waals surface area contributed by atoms with E-state index >= 15 is 0 Å². The predicted octanol–water partition coefficient (Wildman–Crippen LogP) is 1.69. The molecule has 2 saturated carbocycles. The van der Waals surface area contributed by atoms with Crippen molar-refractivity contribution in [1.82, 2.24) is 25.5 Å². The zero-order valence-corrected chi connectivity index (χ0v) is 12.6. The fourth-order valence-electron chi connectivity index (χ4n) is 2.57. The van der Waals surface area contributed by atoms with Crippen LogP contribution in [0.3, 0.4) is 0 Å². The molecule has 0 aliphatic heterocycles. The monoisotopic (exact) mass is 295 g/mol. The summed E-state index contributed by atoms with van der Waals surface area (Å²) in [6.07, 6.45) is 7.07. The van der Waals surface area contributed by atoms with Gasteiger partial charge in [0.2, 0.25) is 5.91 Å². The van der Waals surface area contributed by atoms with Gasteiger partial charge in [0.05, 0.1) is 17.0 Å². The van der Waals surface area contributed by atoms with Gasteiger partial charge in [0.15, 0.2) is 5.82 Å². The van der Waals surface area contributed by atoms with Crippen LogP contribution in [0.5, 0.6) is 0 Å². The van der Waals surface area contributed by atoms with E-state index in [1.165, 1.54) is 25.7 Å². The van der Waals surface area contributed by atoms with Gasteiger partial charge in [-0.2, -0.15) is 0 Å². The molecule has 1 atom stereocenters. The molecule has 0 unspecified atom stereocenters. The van der Waals surface area contributed by atoms with Gasteiger partial charge in [-0.3, -0.25) is 4.79 Å². The van der Waals surface area contributed by atoms with Crippen LogP contribution in [0.15, 0.2) is 0 Å². The molecule has 1 N–H and O–H groups in total. The van der Waals surface area contributed by atoms with Crippen LogP contribution in [0.2, 0.25) is 0 Å². The largest absolute Gasteiger partial charge is 0.352 e. The van der Waals surface area contributed by atoms with E-state index in [-0.39, 0.29) is 11.2 Å². The highest BCUT2D eigenvalue weighted by Crippen LogP contribution is 2.35. The topological polar surface area (TPSA) is 72.7 Å². The number of carbonyl (C=O) groups excluding carboxylic acids is 1. The minimum atomic E-state index is -0.0556. The van der Waals surface area contributed by atoms with Crippen molar-refractivity contribution < 1.29 is 4.79 Å². The summed E-state index contributed by atoms with van der Waals surface area (Å²) in [6, 6.07) is 0.880. The molecule has 3 rings (SSSR count). The molecule has 0 aromatic carbocycles. The summed E-state index contributed by atoms with van der Waals surface area (Å²) in [5.74, 6) is 1.73. The second-order valence-corrected chi connectivity index (χ2v) is 7.04. The minimum absolute atomic E-state index is 0.0556. The number of amides is 1. The number of tetrazole rings is 1. The van der Waals surface area contributed by atoms with E-state index in [0.717, 1.165) is 18.7 Å². The van der Waals surface area contributed by atoms with Gasteiger partial charge in [-0.15, -0.1) is 16.9 Å². The van der Waals surface area contributed by atoms with Crippen molar-refractivity contribution in [2.24, 2.45) is 0 Å². The van der Waals surface area contributed by atoms with Crippen molar-refractivity contribution >= 4 is 17.7 Å². The van der Waals surface area contributed by atoms with E-state index in [1.54, 1.807) is 11.8 Å². The van der Waals surface area contributed by atoms with Gasteiger partial charge in [-0.05, 0) is 43.0 Å². The highest BCUT2D eigenvalue weighted by molar-refractivity contribution is 7.99. The van der Waals surface area contributed by atoms with E-state index in [0.29, 0.717) is 17.8 Å². The number of nitrogens with zero attached hydrogens (tertiary/aromatic N) is 4. The number of thioether (sulfide) groups is 1. The molecule has 1 heterocycles. The predicted molar refractivity (Wildman–Crippen MR) is 77.2 cm³/mol. The lowest BCUT2D eigenvalue weighted by atomic mass is 10.2. The summed E-state index contributed by atoms with van der Waals surface area (Å²) >= 11 is 1.61. The van der Waals surface area contributed by atoms with Crippen LogP contribution < -0.4 is 5.32 Å². The Labute approximate surface area is 123 Å². The lowest BCUT2D eigenvalue weighted by Crippen LogP contribution is -2.37. The van der Waals surface area contributed by atoms with E-state index in [1.807, 2.05) is 11.6 Å². The molecule has 110 valence electrons. The Bertz CT molecular complexity index is 467. The Balaban J connectivity index is 1.46. The van der Waals surface area contributed by atoms with E-state index in [9.17, 15) is 4.79 Å². The first kappa shape index (κ1) is 13.9. The summed E-state index contributed by atoms with van der Waals surface area (Å²) in [4.78, 5) is 12.1. The fraction of sp³-hybridized carbons (Fsp3) is 0.846. The van der Waals surface area contributed by atoms with Gasteiger partial charge < -0.3 is 5.32 Å². The summed E-state index contributed by atoms with van der Waals surface area (Å²) < 4.78 is 1.91. The first-order chi connectivity index (χ1) is 9.74. The smallest absolute Gasteiger partial charge is 0.233 e. The van der Waals surface area contributed by atoms with Gasteiger partial charge in [0, 0.05) is 6.04 Å². The highest BCUT2D eigenvalue weighted by Gasteiger charge is 2.28. The van der Waals surface area contributed by atoms with Gasteiger partial charge in [0.1, 0.15) is 0 Å². The quantitative estimate of drug-likeness (QED) is 0.864. The average molecular weight is 295 g/mol. The SMILES string of the molecule is C[C@H](SCc1nnnn1C1CC1)C(=O)NC1CCCC1.